The number of carboxylic acids is 1. The van der Waals surface area contributed by atoms with E-state index in [0.29, 0.717) is 32.1 Å². The van der Waals surface area contributed by atoms with Crippen LogP contribution in [-0.4, -0.2) is 55.9 Å². The van der Waals surface area contributed by atoms with Crippen molar-refractivity contribution in [2.45, 2.75) is 111 Å². The molecular weight excluding hydrogens is 456 g/mol. The minimum atomic E-state index is -0.931. The number of aliphatic hydroxyl groups excluding tert-OH is 4. The van der Waals surface area contributed by atoms with Crippen molar-refractivity contribution < 1.29 is 30.3 Å². The minimum absolute atomic E-state index is 0.0622. The highest BCUT2D eigenvalue weighted by Gasteiger charge is 2.73. The van der Waals surface area contributed by atoms with Crippen LogP contribution >= 0.6 is 0 Å². The molecule has 0 bridgehead atoms. The maximum Gasteiger partial charge on any atom is 0.310 e. The van der Waals surface area contributed by atoms with Crippen molar-refractivity contribution in [3.63, 3.8) is 0 Å². The standard InChI is InChI=1S/C30H48O6/c1-25(2)10-12-30(24(35)36)13-11-28(6)16(20(30)23(25)34)8-9-19-27(5)14-18(32)22(33)26(3,4)21(27)17(31)15-29(19,28)7/h8-9,16-23,31-34H,10-15H2,1-7H3,(H,35,36)/t16-,17-,18-,19-,20+,21+,22+,23+,27-,28-,29-,30+/m1/s1. The van der Waals surface area contributed by atoms with Gasteiger partial charge < -0.3 is 25.5 Å². The second-order valence-electron chi connectivity index (χ2n) is 15.4. The first kappa shape index (κ1) is 26.6. The van der Waals surface area contributed by atoms with Gasteiger partial charge in [-0.3, -0.25) is 4.79 Å². The molecule has 36 heavy (non-hydrogen) atoms. The average molecular weight is 505 g/mol. The zero-order chi connectivity index (χ0) is 26.9. The van der Waals surface area contributed by atoms with Crippen LogP contribution in [0.15, 0.2) is 12.2 Å². The van der Waals surface area contributed by atoms with Gasteiger partial charge in [-0.05, 0) is 83.4 Å². The molecule has 0 unspecified atom stereocenters. The Morgan fingerprint density at radius 1 is 0.750 bits per heavy atom. The normalized spacial score (nSPS) is 57.1. The summed E-state index contributed by atoms with van der Waals surface area (Å²) in [4.78, 5) is 12.8. The zero-order valence-corrected chi connectivity index (χ0v) is 23.2. The Bertz CT molecular complexity index is 972. The fraction of sp³-hybridized carbons (Fsp3) is 0.900. The molecule has 5 rings (SSSR count). The van der Waals surface area contributed by atoms with Gasteiger partial charge >= 0.3 is 5.97 Å². The second kappa shape index (κ2) is 7.58. The van der Waals surface area contributed by atoms with Crippen LogP contribution < -0.4 is 0 Å². The predicted octanol–water partition coefficient (Wildman–Crippen LogP) is 4.00. The van der Waals surface area contributed by atoms with Crippen molar-refractivity contribution in [2.24, 2.45) is 56.2 Å². The summed E-state index contributed by atoms with van der Waals surface area (Å²) in [7, 11) is 0. The highest BCUT2D eigenvalue weighted by Crippen LogP contribution is 2.75. The Kier molecular flexibility index (Phi) is 5.61. The molecule has 0 aromatic carbocycles. The van der Waals surface area contributed by atoms with E-state index < -0.39 is 46.6 Å². The van der Waals surface area contributed by atoms with Gasteiger partial charge in [0.15, 0.2) is 0 Å². The largest absolute Gasteiger partial charge is 0.481 e. The Labute approximate surface area is 216 Å². The summed E-state index contributed by atoms with van der Waals surface area (Å²) in [6.07, 6.45) is 4.86. The van der Waals surface area contributed by atoms with Gasteiger partial charge in [0.2, 0.25) is 0 Å². The van der Waals surface area contributed by atoms with Crippen LogP contribution in [0.4, 0.5) is 0 Å². The summed E-state index contributed by atoms with van der Waals surface area (Å²) >= 11 is 0. The van der Waals surface area contributed by atoms with Crippen LogP contribution in [-0.2, 0) is 4.79 Å². The van der Waals surface area contributed by atoms with Crippen LogP contribution in [0.2, 0.25) is 0 Å². The summed E-state index contributed by atoms with van der Waals surface area (Å²) in [5.74, 6) is -1.40. The van der Waals surface area contributed by atoms with Gasteiger partial charge in [-0.25, -0.2) is 0 Å². The molecule has 0 aliphatic heterocycles. The number of hydrogen-bond donors (Lipinski definition) is 5. The van der Waals surface area contributed by atoms with Gasteiger partial charge in [0, 0.05) is 5.92 Å². The predicted molar refractivity (Wildman–Crippen MR) is 137 cm³/mol. The molecule has 0 aromatic rings. The average Bonchev–Trinajstić information content (AvgIpc) is 2.74. The van der Waals surface area contributed by atoms with Crippen molar-refractivity contribution in [1.29, 1.82) is 0 Å². The highest BCUT2D eigenvalue weighted by molar-refractivity contribution is 5.76. The first-order valence-electron chi connectivity index (χ1n) is 14.0. The number of fused-ring (bicyclic) bond motifs is 7. The van der Waals surface area contributed by atoms with E-state index in [1.807, 2.05) is 13.8 Å². The summed E-state index contributed by atoms with van der Waals surface area (Å²) in [6, 6.07) is 0. The van der Waals surface area contributed by atoms with E-state index in [0.717, 1.165) is 6.42 Å². The van der Waals surface area contributed by atoms with Gasteiger partial charge in [-0.2, -0.15) is 0 Å². The van der Waals surface area contributed by atoms with Crippen LogP contribution in [0.25, 0.3) is 0 Å². The molecule has 0 radical (unpaired) electrons. The minimum Gasteiger partial charge on any atom is -0.481 e. The lowest BCUT2D eigenvalue weighted by Gasteiger charge is -2.73. The van der Waals surface area contributed by atoms with Gasteiger partial charge in [0.05, 0.1) is 29.8 Å². The van der Waals surface area contributed by atoms with E-state index in [1.54, 1.807) is 0 Å². The summed E-state index contributed by atoms with van der Waals surface area (Å²) in [5.41, 5.74) is -3.02. The Balaban J connectivity index is 1.66. The van der Waals surface area contributed by atoms with Crippen LogP contribution in [0.1, 0.15) is 87.0 Å². The van der Waals surface area contributed by atoms with Crippen molar-refractivity contribution >= 4 is 5.97 Å². The molecule has 0 heterocycles. The second-order valence-corrected chi connectivity index (χ2v) is 15.4. The van der Waals surface area contributed by atoms with E-state index in [-0.39, 0.29) is 39.9 Å². The van der Waals surface area contributed by atoms with E-state index in [4.69, 9.17) is 0 Å². The molecule has 5 N–H and O–H groups in total. The molecular formula is C30H48O6. The molecule has 204 valence electrons. The first-order chi connectivity index (χ1) is 16.4. The topological polar surface area (TPSA) is 118 Å². The highest BCUT2D eigenvalue weighted by atomic mass is 16.4. The van der Waals surface area contributed by atoms with Crippen LogP contribution in [0.3, 0.4) is 0 Å². The van der Waals surface area contributed by atoms with E-state index in [1.165, 1.54) is 0 Å². The lowest BCUT2D eigenvalue weighted by Crippen LogP contribution is -2.71. The van der Waals surface area contributed by atoms with Gasteiger partial charge in [-0.1, -0.05) is 60.6 Å². The molecule has 5 aliphatic carbocycles. The molecule has 12 atom stereocenters. The smallest absolute Gasteiger partial charge is 0.310 e. The molecule has 0 spiro atoms. The lowest BCUT2D eigenvalue weighted by molar-refractivity contribution is -0.273. The molecule has 4 fully saturated rings. The lowest BCUT2D eigenvalue weighted by atomic mass is 9.32. The first-order valence-corrected chi connectivity index (χ1v) is 14.0. The zero-order valence-electron chi connectivity index (χ0n) is 23.2. The van der Waals surface area contributed by atoms with Gasteiger partial charge in [0.25, 0.3) is 0 Å². The molecule has 6 heteroatoms. The van der Waals surface area contributed by atoms with Gasteiger partial charge in [0.1, 0.15) is 0 Å². The number of rotatable bonds is 1. The number of hydrogen-bond acceptors (Lipinski definition) is 5. The summed E-state index contributed by atoms with van der Waals surface area (Å²) in [5, 5.41) is 55.8. The number of carbonyl (C=O) groups is 1. The fourth-order valence-corrected chi connectivity index (χ4v) is 11.0. The number of aliphatic hydroxyl groups is 4. The third-order valence-electron chi connectivity index (χ3n) is 13.2. The quantitative estimate of drug-likeness (QED) is 0.345. The molecule has 0 aromatic heterocycles. The van der Waals surface area contributed by atoms with Crippen LogP contribution in [0, 0.1) is 56.2 Å². The van der Waals surface area contributed by atoms with Crippen molar-refractivity contribution in [3.8, 4) is 0 Å². The number of aliphatic carboxylic acids is 1. The molecule has 6 nitrogen and oxygen atoms in total. The fourth-order valence-electron chi connectivity index (χ4n) is 11.0. The molecule has 4 saturated carbocycles. The Morgan fingerprint density at radius 2 is 1.36 bits per heavy atom. The molecule has 0 amide bonds. The third kappa shape index (κ3) is 2.96. The van der Waals surface area contributed by atoms with Crippen LogP contribution in [0.5, 0.6) is 0 Å². The maximum atomic E-state index is 12.8. The monoisotopic (exact) mass is 504 g/mol. The maximum absolute atomic E-state index is 12.8. The van der Waals surface area contributed by atoms with Gasteiger partial charge in [-0.15, -0.1) is 0 Å². The molecule has 5 aliphatic rings. The number of carboxylic acid groups (broad SMARTS) is 1. The number of allylic oxidation sites excluding steroid dienone is 2. The third-order valence-corrected chi connectivity index (χ3v) is 13.2. The molecule has 0 saturated heterocycles. The Morgan fingerprint density at radius 3 is 1.97 bits per heavy atom. The van der Waals surface area contributed by atoms with Crippen molar-refractivity contribution in [3.05, 3.63) is 12.2 Å². The van der Waals surface area contributed by atoms with Crippen molar-refractivity contribution in [1.82, 2.24) is 0 Å². The summed E-state index contributed by atoms with van der Waals surface area (Å²) in [6.45, 7) is 14.7. The van der Waals surface area contributed by atoms with E-state index in [9.17, 15) is 30.3 Å². The van der Waals surface area contributed by atoms with Crippen molar-refractivity contribution in [2.75, 3.05) is 0 Å². The van der Waals surface area contributed by atoms with E-state index in [2.05, 4.69) is 46.8 Å². The SMILES string of the molecule is CC1(C)CC[C@]2(C(=O)O)CC[C@]3(C)[C@H](C=C[C@@H]4[C@@]5(C)C[C@@H](O)[C@H](O)C(C)(C)[C@@H]5[C@H](O)C[C@]43C)[C@H]2[C@@H]1O. The Hall–Kier alpha value is -0.950. The van der Waals surface area contributed by atoms with E-state index >= 15 is 0 Å². The summed E-state index contributed by atoms with van der Waals surface area (Å²) < 4.78 is 0.